The molecule has 4 nitrogen and oxygen atoms in total. The van der Waals surface area contributed by atoms with Crippen molar-refractivity contribution in [3.8, 4) is 36.7 Å². The molecule has 0 aromatic carbocycles. The minimum atomic E-state index is -0.588. The number of hydrogen-bond acceptors (Lipinski definition) is 4. The summed E-state index contributed by atoms with van der Waals surface area (Å²) in [6.07, 6.45) is 31.1. The number of unbranched alkanes of at least 4 members (excludes halogenated alkanes) is 12. The fourth-order valence-corrected chi connectivity index (χ4v) is 2.68. The molecule has 0 aliphatic carbocycles. The van der Waals surface area contributed by atoms with E-state index in [1.54, 1.807) is 20.8 Å². The van der Waals surface area contributed by atoms with E-state index in [9.17, 15) is 0 Å². The predicted molar refractivity (Wildman–Crippen MR) is 155 cm³/mol. The van der Waals surface area contributed by atoms with Crippen molar-refractivity contribution in [2.45, 2.75) is 136 Å². The molecule has 0 spiro atoms. The molecule has 0 saturated carbocycles. The van der Waals surface area contributed by atoms with Crippen LogP contribution in [-0.4, -0.2) is 40.2 Å². The van der Waals surface area contributed by atoms with Crippen LogP contribution in [0.2, 0.25) is 0 Å². The van der Waals surface area contributed by atoms with E-state index in [1.165, 1.54) is 89.9 Å². The van der Waals surface area contributed by atoms with Crippen LogP contribution in [0.15, 0.2) is 12.2 Å². The van der Waals surface area contributed by atoms with Gasteiger partial charge in [-0.05, 0) is 58.8 Å². The highest BCUT2D eigenvalue weighted by molar-refractivity contribution is 5.85. The minimum absolute atomic E-state index is 0. The molecule has 0 aliphatic rings. The van der Waals surface area contributed by atoms with Crippen molar-refractivity contribution in [2.75, 3.05) is 6.54 Å². The van der Waals surface area contributed by atoms with Gasteiger partial charge in [0, 0.05) is 12.6 Å². The number of hydrogen-bond donors (Lipinski definition) is 4. The highest BCUT2D eigenvalue weighted by atomic mass is 35.5. The Balaban J connectivity index is -0.000000365. The molecular formula is C30H54ClNO3. The van der Waals surface area contributed by atoms with Crippen LogP contribution in [0.1, 0.15) is 118 Å². The van der Waals surface area contributed by atoms with Crippen LogP contribution in [0, 0.1) is 36.7 Å². The zero-order valence-electron chi connectivity index (χ0n) is 22.9. The number of nitrogens with one attached hydrogen (secondary N) is 1. The van der Waals surface area contributed by atoms with Gasteiger partial charge in [-0.25, -0.2) is 0 Å². The van der Waals surface area contributed by atoms with Gasteiger partial charge in [0.05, 0.1) is 0 Å². The van der Waals surface area contributed by atoms with Crippen molar-refractivity contribution in [3.63, 3.8) is 0 Å². The first kappa shape index (κ1) is 40.6. The SMILES string of the molecule is C#CC(C)O.C#CC(C)O.CCCCCCCC/C=C\CCCCCCCCNC#CC(C)O.Cl. The Morgan fingerprint density at radius 2 is 1.03 bits per heavy atom. The lowest BCUT2D eigenvalue weighted by Crippen LogP contribution is -2.08. The Bertz CT molecular complexity index is 545. The van der Waals surface area contributed by atoms with E-state index in [0.717, 1.165) is 6.54 Å². The summed E-state index contributed by atoms with van der Waals surface area (Å²) in [6, 6.07) is 2.78. The van der Waals surface area contributed by atoms with Gasteiger partial charge >= 0.3 is 0 Å². The lowest BCUT2D eigenvalue weighted by Gasteiger charge is -2.01. The minimum Gasteiger partial charge on any atom is -0.381 e. The third-order valence-corrected chi connectivity index (χ3v) is 4.67. The zero-order valence-corrected chi connectivity index (χ0v) is 23.7. The fraction of sp³-hybridized carbons (Fsp3) is 0.733. The zero-order chi connectivity index (χ0) is 26.3. The molecule has 204 valence electrons. The van der Waals surface area contributed by atoms with Crippen molar-refractivity contribution in [3.05, 3.63) is 12.2 Å². The van der Waals surface area contributed by atoms with Gasteiger partial charge in [-0.1, -0.05) is 88.7 Å². The average molecular weight is 512 g/mol. The maximum Gasteiger partial charge on any atom is 0.113 e. The van der Waals surface area contributed by atoms with Gasteiger partial charge < -0.3 is 20.6 Å². The number of aliphatic hydroxyl groups is 3. The van der Waals surface area contributed by atoms with E-state index in [1.807, 2.05) is 0 Å². The highest BCUT2D eigenvalue weighted by Crippen LogP contribution is 2.09. The van der Waals surface area contributed by atoms with Crippen LogP contribution in [-0.2, 0) is 0 Å². The first-order chi connectivity index (χ1) is 16.3. The van der Waals surface area contributed by atoms with Crippen LogP contribution >= 0.6 is 12.4 Å². The van der Waals surface area contributed by atoms with Crippen LogP contribution in [0.25, 0.3) is 0 Å². The average Bonchev–Trinajstić information content (AvgIpc) is 2.81. The van der Waals surface area contributed by atoms with Gasteiger partial charge in [0.25, 0.3) is 0 Å². The van der Waals surface area contributed by atoms with Gasteiger partial charge in [0.2, 0.25) is 0 Å². The molecule has 0 rings (SSSR count). The second kappa shape index (κ2) is 36.9. The first-order valence-electron chi connectivity index (χ1n) is 13.2. The summed E-state index contributed by atoms with van der Waals surface area (Å²) in [5.74, 6) is 6.85. The summed E-state index contributed by atoms with van der Waals surface area (Å²) < 4.78 is 0. The predicted octanol–water partition coefficient (Wildman–Crippen LogP) is 6.38. The normalized spacial score (nSPS) is 12.0. The molecule has 0 bridgehead atoms. The molecule has 35 heavy (non-hydrogen) atoms. The van der Waals surface area contributed by atoms with Crippen molar-refractivity contribution < 1.29 is 15.3 Å². The molecule has 0 fully saturated rings. The molecule has 0 aliphatic heterocycles. The second-order valence-corrected chi connectivity index (χ2v) is 8.50. The standard InChI is InChI=1S/C22H41NO.2C4H6O.ClH/c1-3-4-5-6-7-8-9-10-11-12-13-14-15-16-17-18-20-23-21-19-22(2)24;2*1-3-4(2)5;/h10-11,22-24H,3-9,12-18,20H2,1-2H3;2*1,4-5H,2H3;1H/b11-10-;;;. The summed E-state index contributed by atoms with van der Waals surface area (Å²) in [6.45, 7) is 7.97. The number of aliphatic hydroxyl groups excluding tert-OH is 3. The summed E-state index contributed by atoms with van der Waals surface area (Å²) in [5, 5.41) is 28.3. The second-order valence-electron chi connectivity index (χ2n) is 8.50. The third-order valence-electron chi connectivity index (χ3n) is 4.67. The molecule has 0 amide bonds. The smallest absolute Gasteiger partial charge is 0.113 e. The molecule has 0 saturated heterocycles. The van der Waals surface area contributed by atoms with E-state index in [2.05, 4.69) is 61.0 Å². The Hall–Kier alpha value is -1.61. The molecule has 4 N–H and O–H groups in total. The summed E-state index contributed by atoms with van der Waals surface area (Å²) in [5.41, 5.74) is 0. The maximum atomic E-state index is 8.98. The lowest BCUT2D eigenvalue weighted by atomic mass is 10.1. The van der Waals surface area contributed by atoms with Crippen LogP contribution < -0.4 is 5.32 Å². The molecule has 0 radical (unpaired) electrons. The van der Waals surface area contributed by atoms with Crippen molar-refractivity contribution >= 4 is 12.4 Å². The Morgan fingerprint density at radius 1 is 0.657 bits per heavy atom. The molecule has 3 atom stereocenters. The number of terminal acetylenes is 2. The summed E-state index contributed by atoms with van der Waals surface area (Å²) in [7, 11) is 0. The Kier molecular flexibility index (Phi) is 42.8. The van der Waals surface area contributed by atoms with Gasteiger partial charge in [0.1, 0.15) is 18.3 Å². The number of halogens is 1. The Morgan fingerprint density at radius 3 is 1.40 bits per heavy atom. The first-order valence-corrected chi connectivity index (χ1v) is 13.2. The van der Waals surface area contributed by atoms with E-state index < -0.39 is 18.3 Å². The van der Waals surface area contributed by atoms with Gasteiger partial charge in [0.15, 0.2) is 0 Å². The van der Waals surface area contributed by atoms with E-state index in [-0.39, 0.29) is 12.4 Å². The summed E-state index contributed by atoms with van der Waals surface area (Å²) in [4.78, 5) is 0. The fourth-order valence-electron chi connectivity index (χ4n) is 2.68. The van der Waals surface area contributed by atoms with E-state index in [0.29, 0.717) is 0 Å². The van der Waals surface area contributed by atoms with Gasteiger partial charge in [-0.2, -0.15) is 0 Å². The van der Waals surface area contributed by atoms with Crippen LogP contribution in [0.4, 0.5) is 0 Å². The van der Waals surface area contributed by atoms with Crippen molar-refractivity contribution in [1.82, 2.24) is 5.32 Å². The van der Waals surface area contributed by atoms with Crippen LogP contribution in [0.3, 0.4) is 0 Å². The largest absolute Gasteiger partial charge is 0.381 e. The topological polar surface area (TPSA) is 72.7 Å². The quantitative estimate of drug-likeness (QED) is 0.0839. The molecule has 0 aromatic heterocycles. The van der Waals surface area contributed by atoms with Crippen molar-refractivity contribution in [2.24, 2.45) is 0 Å². The Labute approximate surface area is 224 Å². The number of allylic oxidation sites excluding steroid dienone is 2. The molecule has 0 heterocycles. The molecular weight excluding hydrogens is 458 g/mol. The van der Waals surface area contributed by atoms with Crippen molar-refractivity contribution in [1.29, 1.82) is 0 Å². The van der Waals surface area contributed by atoms with Gasteiger partial charge in [-0.15, -0.1) is 25.3 Å². The lowest BCUT2D eigenvalue weighted by molar-refractivity contribution is 0.253. The highest BCUT2D eigenvalue weighted by Gasteiger charge is 1.91. The van der Waals surface area contributed by atoms with E-state index in [4.69, 9.17) is 15.3 Å². The molecule has 5 heteroatoms. The third kappa shape index (κ3) is 54.7. The monoisotopic (exact) mass is 511 g/mol. The van der Waals surface area contributed by atoms with E-state index >= 15 is 0 Å². The van der Waals surface area contributed by atoms with Gasteiger partial charge in [-0.3, -0.25) is 0 Å². The summed E-state index contributed by atoms with van der Waals surface area (Å²) >= 11 is 0. The maximum absolute atomic E-state index is 8.98. The number of rotatable bonds is 16. The molecule has 0 aromatic rings. The molecule has 3 unspecified atom stereocenters. The van der Waals surface area contributed by atoms with Crippen LogP contribution in [0.5, 0.6) is 0 Å².